The Morgan fingerprint density at radius 3 is 1.18 bits per heavy atom. The van der Waals surface area contributed by atoms with Crippen LogP contribution >= 0.6 is 0 Å². The summed E-state index contributed by atoms with van der Waals surface area (Å²) in [5.74, 6) is -3.29. The number of carboxylic acids is 2. The molecule has 0 aromatic heterocycles. The number of aromatic carboxylic acids is 2. The molecule has 4 atom stereocenters. The minimum absolute atomic E-state index is 0.0416. The van der Waals surface area contributed by atoms with E-state index < -0.39 is 24.0 Å². The zero-order valence-electron chi connectivity index (χ0n) is 29.1. The van der Waals surface area contributed by atoms with Crippen LogP contribution in [0.2, 0.25) is 0 Å². The number of nitrogens with one attached hydrogen (secondary N) is 4. The van der Waals surface area contributed by atoms with Gasteiger partial charge in [0.05, 0.1) is 24.0 Å². The molecule has 0 saturated carbocycles. The summed E-state index contributed by atoms with van der Waals surface area (Å²) in [7, 11) is 0. The number of carbonyl (C=O) groups excluding carboxylic acids is 4. The van der Waals surface area contributed by atoms with Crippen LogP contribution < -0.4 is 21.3 Å². The average molecular weight is 681 g/mol. The van der Waals surface area contributed by atoms with Crippen LogP contribution in [0.3, 0.4) is 0 Å². The quantitative estimate of drug-likeness (QED) is 0.100. The third-order valence-electron chi connectivity index (χ3n) is 8.71. The largest absolute Gasteiger partial charge is 0.478 e. The van der Waals surface area contributed by atoms with Crippen molar-refractivity contribution < 1.29 is 39.0 Å². The van der Waals surface area contributed by atoms with Crippen LogP contribution in [-0.4, -0.2) is 71.0 Å². The van der Waals surface area contributed by atoms with E-state index in [1.54, 1.807) is 24.3 Å². The Hall–Kier alpha value is -4.74. The predicted molar refractivity (Wildman–Crippen MR) is 186 cm³/mol. The van der Waals surface area contributed by atoms with Gasteiger partial charge in [-0.25, -0.2) is 9.59 Å². The maximum Gasteiger partial charge on any atom is 0.335 e. The molecule has 4 amide bonds. The first-order valence-corrected chi connectivity index (χ1v) is 17.1. The van der Waals surface area contributed by atoms with Gasteiger partial charge in [-0.2, -0.15) is 0 Å². The molecule has 268 valence electrons. The van der Waals surface area contributed by atoms with Gasteiger partial charge in [0.1, 0.15) is 12.1 Å². The topological polar surface area (TPSA) is 191 Å². The molecular weight excluding hydrogens is 628 g/mol. The molecule has 0 aliphatic rings. The Morgan fingerprint density at radius 1 is 0.551 bits per heavy atom. The van der Waals surface area contributed by atoms with Crippen LogP contribution in [0.1, 0.15) is 104 Å². The SMILES string of the molecule is CCC(C)[C@H](NC(=O)Cc1ccc(C(=O)O)cc1)C(=O)NCCCCCCCNC(=O)[C@@H](NC(=O)Cc1ccc(C(=O)O)cc1)C(C)CC. The normalized spacial score (nSPS) is 13.3. The Labute approximate surface area is 288 Å². The molecule has 12 nitrogen and oxygen atoms in total. The number of carboxylic acid groups (broad SMARTS) is 2. The fraction of sp³-hybridized carbons (Fsp3) is 0.514. The molecule has 0 bridgehead atoms. The van der Waals surface area contributed by atoms with Gasteiger partial charge in [-0.15, -0.1) is 0 Å². The Kier molecular flexibility index (Phi) is 17.6. The predicted octanol–water partition coefficient (Wildman–Crippen LogP) is 4.11. The van der Waals surface area contributed by atoms with Crippen LogP contribution in [0.4, 0.5) is 0 Å². The molecule has 2 rings (SSSR count). The highest BCUT2D eigenvalue weighted by Gasteiger charge is 2.27. The van der Waals surface area contributed by atoms with E-state index in [4.69, 9.17) is 10.2 Å². The molecule has 0 fully saturated rings. The minimum Gasteiger partial charge on any atom is -0.478 e. The number of carbonyl (C=O) groups is 6. The van der Waals surface area contributed by atoms with E-state index in [9.17, 15) is 28.8 Å². The molecule has 2 aromatic carbocycles. The lowest BCUT2D eigenvalue weighted by molar-refractivity contribution is -0.130. The average Bonchev–Trinajstić information content (AvgIpc) is 3.08. The Balaban J connectivity index is 1.68. The van der Waals surface area contributed by atoms with Crippen molar-refractivity contribution in [2.45, 2.75) is 97.6 Å². The summed E-state index contributed by atoms with van der Waals surface area (Å²) in [4.78, 5) is 73.3. The van der Waals surface area contributed by atoms with Crippen molar-refractivity contribution in [1.29, 1.82) is 0 Å². The van der Waals surface area contributed by atoms with Crippen molar-refractivity contribution in [2.75, 3.05) is 13.1 Å². The van der Waals surface area contributed by atoms with Crippen LogP contribution in [0.15, 0.2) is 48.5 Å². The smallest absolute Gasteiger partial charge is 0.335 e. The first-order valence-electron chi connectivity index (χ1n) is 17.1. The highest BCUT2D eigenvalue weighted by atomic mass is 16.4. The molecule has 49 heavy (non-hydrogen) atoms. The van der Waals surface area contributed by atoms with Crippen molar-refractivity contribution in [1.82, 2.24) is 21.3 Å². The van der Waals surface area contributed by atoms with Crippen LogP contribution in [0, 0.1) is 11.8 Å². The van der Waals surface area contributed by atoms with Crippen molar-refractivity contribution in [3.05, 3.63) is 70.8 Å². The second-order valence-corrected chi connectivity index (χ2v) is 12.6. The molecule has 2 unspecified atom stereocenters. The van der Waals surface area contributed by atoms with Gasteiger partial charge in [0.25, 0.3) is 0 Å². The van der Waals surface area contributed by atoms with Gasteiger partial charge >= 0.3 is 11.9 Å². The number of amides is 4. The van der Waals surface area contributed by atoms with E-state index >= 15 is 0 Å². The maximum absolute atomic E-state index is 12.9. The summed E-state index contributed by atoms with van der Waals surface area (Å²) >= 11 is 0. The summed E-state index contributed by atoms with van der Waals surface area (Å²) in [5, 5.41) is 29.6. The van der Waals surface area contributed by atoms with E-state index in [0.717, 1.165) is 32.1 Å². The fourth-order valence-corrected chi connectivity index (χ4v) is 5.18. The van der Waals surface area contributed by atoms with Crippen molar-refractivity contribution in [2.24, 2.45) is 11.8 Å². The zero-order valence-corrected chi connectivity index (χ0v) is 29.1. The van der Waals surface area contributed by atoms with Crippen LogP contribution in [-0.2, 0) is 32.0 Å². The Morgan fingerprint density at radius 2 is 0.878 bits per heavy atom. The number of hydrogen-bond donors (Lipinski definition) is 6. The fourth-order valence-electron chi connectivity index (χ4n) is 5.18. The highest BCUT2D eigenvalue weighted by Crippen LogP contribution is 2.12. The third kappa shape index (κ3) is 14.5. The molecule has 0 saturated heterocycles. The number of unbranched alkanes of at least 4 members (excludes halogenated alkanes) is 4. The van der Waals surface area contributed by atoms with E-state index in [1.165, 1.54) is 24.3 Å². The lowest BCUT2D eigenvalue weighted by Crippen LogP contribution is -2.50. The van der Waals surface area contributed by atoms with Gasteiger partial charge in [-0.1, -0.05) is 84.1 Å². The summed E-state index contributed by atoms with van der Waals surface area (Å²) in [6.07, 6.45) is 5.74. The van der Waals surface area contributed by atoms with E-state index in [0.29, 0.717) is 37.1 Å². The highest BCUT2D eigenvalue weighted by molar-refractivity contribution is 5.90. The van der Waals surface area contributed by atoms with Gasteiger partial charge in [0.15, 0.2) is 0 Å². The molecule has 0 heterocycles. The first-order chi connectivity index (χ1) is 23.4. The number of rotatable bonds is 22. The summed E-state index contributed by atoms with van der Waals surface area (Å²) in [5.41, 5.74) is 1.60. The molecule has 0 radical (unpaired) electrons. The van der Waals surface area contributed by atoms with Crippen molar-refractivity contribution >= 4 is 35.6 Å². The summed E-state index contributed by atoms with van der Waals surface area (Å²) < 4.78 is 0. The maximum atomic E-state index is 12.9. The summed E-state index contributed by atoms with van der Waals surface area (Å²) in [6.45, 7) is 8.70. The Bertz CT molecular complexity index is 1290. The van der Waals surface area contributed by atoms with E-state index in [1.807, 2.05) is 27.7 Å². The van der Waals surface area contributed by atoms with Crippen LogP contribution in [0.25, 0.3) is 0 Å². The monoisotopic (exact) mass is 680 g/mol. The molecular formula is C37H52N4O8. The number of benzene rings is 2. The summed E-state index contributed by atoms with van der Waals surface area (Å²) in [6, 6.07) is 10.8. The molecule has 6 N–H and O–H groups in total. The van der Waals surface area contributed by atoms with Gasteiger partial charge in [-0.05, 0) is 60.1 Å². The second kappa shape index (κ2) is 21.3. The van der Waals surface area contributed by atoms with Crippen LogP contribution in [0.5, 0.6) is 0 Å². The lowest BCUT2D eigenvalue weighted by atomic mass is 9.97. The molecule has 12 heteroatoms. The number of hydrogen-bond acceptors (Lipinski definition) is 6. The lowest BCUT2D eigenvalue weighted by Gasteiger charge is -2.24. The minimum atomic E-state index is -1.04. The van der Waals surface area contributed by atoms with Gasteiger partial charge in [0.2, 0.25) is 23.6 Å². The van der Waals surface area contributed by atoms with E-state index in [2.05, 4.69) is 21.3 Å². The van der Waals surface area contributed by atoms with Gasteiger partial charge in [-0.3, -0.25) is 19.2 Å². The second-order valence-electron chi connectivity index (χ2n) is 12.6. The van der Waals surface area contributed by atoms with Crippen molar-refractivity contribution in [3.63, 3.8) is 0 Å². The van der Waals surface area contributed by atoms with Gasteiger partial charge < -0.3 is 31.5 Å². The van der Waals surface area contributed by atoms with Crippen molar-refractivity contribution in [3.8, 4) is 0 Å². The first kappa shape index (κ1) is 40.4. The zero-order chi connectivity index (χ0) is 36.3. The van der Waals surface area contributed by atoms with Gasteiger partial charge in [0, 0.05) is 13.1 Å². The standard InChI is InChI=1S/C37H52N4O8/c1-5-24(3)32(40-30(42)22-26-12-16-28(17-13-26)36(46)47)34(44)38-20-10-8-7-9-11-21-39-35(45)33(25(4)6-2)41-31(43)23-27-14-18-29(19-15-27)37(48)49/h12-19,24-25,32-33H,5-11,20-23H2,1-4H3,(H,38,44)(H,39,45)(H,40,42)(H,41,43)(H,46,47)(H,48,49)/t24?,25?,32-,33-/m0/s1. The molecule has 0 aliphatic carbocycles. The molecule has 0 aliphatic heterocycles. The molecule has 2 aromatic rings. The third-order valence-corrected chi connectivity index (χ3v) is 8.71. The van der Waals surface area contributed by atoms with E-state index in [-0.39, 0.29) is 59.4 Å². The molecule has 0 spiro atoms.